The van der Waals surface area contributed by atoms with Crippen LogP contribution in [0.4, 0.5) is 14.5 Å². The van der Waals surface area contributed by atoms with Crippen molar-refractivity contribution >= 4 is 5.69 Å². The highest BCUT2D eigenvalue weighted by atomic mass is 19.1. The van der Waals surface area contributed by atoms with Gasteiger partial charge in [0.25, 0.3) is 0 Å². The van der Waals surface area contributed by atoms with Gasteiger partial charge in [0.05, 0.1) is 12.3 Å². The molecule has 2 aromatic carbocycles. The normalized spacial score (nSPS) is 10.4. The number of nitrogens with two attached hydrogens (primary N) is 1. The van der Waals surface area contributed by atoms with Gasteiger partial charge in [-0.15, -0.1) is 0 Å². The van der Waals surface area contributed by atoms with Crippen molar-refractivity contribution in [3.63, 3.8) is 0 Å². The molecule has 3 nitrogen and oxygen atoms in total. The lowest BCUT2D eigenvalue weighted by atomic mass is 10.2. The van der Waals surface area contributed by atoms with E-state index in [2.05, 4.69) is 0 Å². The number of anilines is 1. The fourth-order valence-electron chi connectivity index (χ4n) is 1.71. The summed E-state index contributed by atoms with van der Waals surface area (Å²) in [6, 6.07) is 6.83. The number of hydrogen-bond acceptors (Lipinski definition) is 3. The summed E-state index contributed by atoms with van der Waals surface area (Å²) in [4.78, 5) is 0. The van der Waals surface area contributed by atoms with Gasteiger partial charge in [-0.2, -0.15) is 0 Å². The summed E-state index contributed by atoms with van der Waals surface area (Å²) in [5.41, 5.74) is 6.31. The Morgan fingerprint density at radius 2 is 1.80 bits per heavy atom. The lowest BCUT2D eigenvalue weighted by molar-refractivity contribution is 0.319. The molecule has 0 amide bonds. The van der Waals surface area contributed by atoms with Crippen LogP contribution in [0.2, 0.25) is 0 Å². The van der Waals surface area contributed by atoms with Crippen molar-refractivity contribution in [2.24, 2.45) is 0 Å². The van der Waals surface area contributed by atoms with Crippen LogP contribution in [0.1, 0.15) is 12.5 Å². The third-order valence-corrected chi connectivity index (χ3v) is 2.72. The second-order valence-electron chi connectivity index (χ2n) is 4.27. The van der Waals surface area contributed by atoms with E-state index in [1.54, 1.807) is 19.9 Å². The first-order chi connectivity index (χ1) is 9.51. The van der Waals surface area contributed by atoms with Gasteiger partial charge in [0.15, 0.2) is 17.3 Å². The van der Waals surface area contributed by atoms with E-state index in [-0.39, 0.29) is 23.0 Å². The minimum absolute atomic E-state index is 0.0653. The van der Waals surface area contributed by atoms with E-state index in [1.165, 1.54) is 18.2 Å². The molecule has 0 aliphatic rings. The summed E-state index contributed by atoms with van der Waals surface area (Å²) >= 11 is 0. The molecule has 0 heterocycles. The van der Waals surface area contributed by atoms with Crippen LogP contribution in [-0.4, -0.2) is 6.61 Å². The number of aryl methyl sites for hydroxylation is 1. The van der Waals surface area contributed by atoms with Crippen molar-refractivity contribution in [1.29, 1.82) is 0 Å². The molecule has 106 valence electrons. The molecule has 0 atom stereocenters. The molecular formula is C15H15F2NO2. The summed E-state index contributed by atoms with van der Waals surface area (Å²) in [6.45, 7) is 3.71. The molecule has 0 unspecified atom stereocenters. The minimum Gasteiger partial charge on any atom is -0.491 e. The van der Waals surface area contributed by atoms with Crippen LogP contribution < -0.4 is 15.2 Å². The molecule has 0 saturated carbocycles. The maximum Gasteiger partial charge on any atom is 0.167 e. The molecule has 2 rings (SSSR count). The first-order valence-corrected chi connectivity index (χ1v) is 6.17. The summed E-state index contributed by atoms with van der Waals surface area (Å²) < 4.78 is 37.4. The topological polar surface area (TPSA) is 44.5 Å². The molecule has 0 radical (unpaired) electrons. The fourth-order valence-corrected chi connectivity index (χ4v) is 1.71. The highest BCUT2D eigenvalue weighted by Crippen LogP contribution is 2.33. The number of benzene rings is 2. The molecule has 0 fully saturated rings. The molecule has 0 aliphatic heterocycles. The smallest absolute Gasteiger partial charge is 0.167 e. The van der Waals surface area contributed by atoms with Gasteiger partial charge in [-0.3, -0.25) is 0 Å². The van der Waals surface area contributed by atoms with E-state index >= 15 is 0 Å². The van der Waals surface area contributed by atoms with Gasteiger partial charge in [0.1, 0.15) is 11.6 Å². The summed E-state index contributed by atoms with van der Waals surface area (Å²) in [5, 5.41) is 0. The van der Waals surface area contributed by atoms with Gasteiger partial charge in [0, 0.05) is 12.1 Å². The van der Waals surface area contributed by atoms with Crippen molar-refractivity contribution in [2.75, 3.05) is 12.3 Å². The molecule has 20 heavy (non-hydrogen) atoms. The number of ether oxygens (including phenoxy) is 2. The van der Waals surface area contributed by atoms with Gasteiger partial charge < -0.3 is 15.2 Å². The van der Waals surface area contributed by atoms with Crippen LogP contribution in [0.25, 0.3) is 0 Å². The number of rotatable bonds is 4. The van der Waals surface area contributed by atoms with Crippen LogP contribution in [0.15, 0.2) is 30.3 Å². The van der Waals surface area contributed by atoms with Crippen molar-refractivity contribution < 1.29 is 18.3 Å². The quantitative estimate of drug-likeness (QED) is 0.859. The van der Waals surface area contributed by atoms with Gasteiger partial charge in [-0.05, 0) is 37.6 Å². The van der Waals surface area contributed by atoms with Gasteiger partial charge in [-0.1, -0.05) is 0 Å². The molecule has 2 aromatic rings. The predicted molar refractivity (Wildman–Crippen MR) is 73.2 cm³/mol. The van der Waals surface area contributed by atoms with E-state index in [0.717, 1.165) is 6.07 Å². The van der Waals surface area contributed by atoms with E-state index in [0.29, 0.717) is 17.9 Å². The Kier molecular flexibility index (Phi) is 4.08. The predicted octanol–water partition coefficient (Wildman–Crippen LogP) is 4.05. The maximum absolute atomic E-state index is 13.6. The second kappa shape index (κ2) is 5.77. The number of nitrogen functional groups attached to an aromatic ring is 1. The standard InChI is InChI=1S/C15H15F2NO2/c1-3-19-14-8-15(13(18)7-12(14)17)20-10-4-5-11(16)9(2)6-10/h4-8H,3,18H2,1-2H3. The van der Waals surface area contributed by atoms with Crippen LogP contribution >= 0.6 is 0 Å². The van der Waals surface area contributed by atoms with Crippen LogP contribution in [0.5, 0.6) is 17.2 Å². The maximum atomic E-state index is 13.6. The highest BCUT2D eigenvalue weighted by molar-refractivity contribution is 5.57. The largest absolute Gasteiger partial charge is 0.491 e. The monoisotopic (exact) mass is 279 g/mol. The van der Waals surface area contributed by atoms with Crippen molar-refractivity contribution in [3.05, 3.63) is 47.5 Å². The molecule has 5 heteroatoms. The van der Waals surface area contributed by atoms with Crippen LogP contribution in [0, 0.1) is 18.6 Å². The fraction of sp³-hybridized carbons (Fsp3) is 0.200. The summed E-state index contributed by atoms with van der Waals surface area (Å²) in [5.74, 6) is -0.118. The van der Waals surface area contributed by atoms with E-state index < -0.39 is 5.82 Å². The molecule has 0 spiro atoms. The van der Waals surface area contributed by atoms with Crippen molar-refractivity contribution in [2.45, 2.75) is 13.8 Å². The summed E-state index contributed by atoms with van der Waals surface area (Å²) in [7, 11) is 0. The Morgan fingerprint density at radius 1 is 1.05 bits per heavy atom. The van der Waals surface area contributed by atoms with E-state index in [9.17, 15) is 8.78 Å². The lowest BCUT2D eigenvalue weighted by Gasteiger charge is -2.12. The van der Waals surface area contributed by atoms with E-state index in [1.807, 2.05) is 0 Å². The Morgan fingerprint density at radius 3 is 2.45 bits per heavy atom. The Balaban J connectivity index is 2.32. The van der Waals surface area contributed by atoms with Crippen LogP contribution in [0.3, 0.4) is 0 Å². The molecular weight excluding hydrogens is 264 g/mol. The third-order valence-electron chi connectivity index (χ3n) is 2.72. The van der Waals surface area contributed by atoms with Gasteiger partial charge in [0.2, 0.25) is 0 Å². The SMILES string of the molecule is CCOc1cc(Oc2ccc(F)c(C)c2)c(N)cc1F. The lowest BCUT2D eigenvalue weighted by Crippen LogP contribution is -1.99. The van der Waals surface area contributed by atoms with Crippen LogP contribution in [-0.2, 0) is 0 Å². The average Bonchev–Trinajstić information content (AvgIpc) is 2.39. The molecule has 0 bridgehead atoms. The van der Waals surface area contributed by atoms with Crippen molar-refractivity contribution in [1.82, 2.24) is 0 Å². The first-order valence-electron chi connectivity index (χ1n) is 6.17. The van der Waals surface area contributed by atoms with Gasteiger partial charge in [-0.25, -0.2) is 8.78 Å². The van der Waals surface area contributed by atoms with E-state index in [4.69, 9.17) is 15.2 Å². The number of halogens is 2. The number of hydrogen-bond donors (Lipinski definition) is 1. The second-order valence-corrected chi connectivity index (χ2v) is 4.27. The van der Waals surface area contributed by atoms with Crippen molar-refractivity contribution in [3.8, 4) is 17.2 Å². The summed E-state index contributed by atoms with van der Waals surface area (Å²) in [6.07, 6.45) is 0. The molecule has 0 aromatic heterocycles. The zero-order chi connectivity index (χ0) is 14.7. The minimum atomic E-state index is -0.549. The Hall–Kier alpha value is -2.30. The average molecular weight is 279 g/mol. The van der Waals surface area contributed by atoms with Gasteiger partial charge >= 0.3 is 0 Å². The Labute approximate surface area is 115 Å². The molecule has 0 aliphatic carbocycles. The Bertz CT molecular complexity index is 630. The molecule has 0 saturated heterocycles. The zero-order valence-electron chi connectivity index (χ0n) is 11.2. The third kappa shape index (κ3) is 2.99. The highest BCUT2D eigenvalue weighted by Gasteiger charge is 2.11. The molecule has 2 N–H and O–H groups in total. The zero-order valence-corrected chi connectivity index (χ0v) is 11.2. The first kappa shape index (κ1) is 14.1.